The fraction of sp³-hybridized carbons (Fsp3) is 0.105. The molecule has 5 nitrogen and oxygen atoms in total. The minimum Gasteiger partial charge on any atom is -0.451 e. The van der Waals surface area contributed by atoms with Crippen molar-refractivity contribution in [2.24, 2.45) is 0 Å². The molecule has 0 spiro atoms. The molecule has 0 aliphatic carbocycles. The molecule has 0 atom stereocenters. The predicted octanol–water partition coefficient (Wildman–Crippen LogP) is 4.33. The summed E-state index contributed by atoms with van der Waals surface area (Å²) in [4.78, 5) is 28.6. The van der Waals surface area contributed by atoms with E-state index in [4.69, 9.17) is 4.74 Å². The summed E-state index contributed by atoms with van der Waals surface area (Å²) < 4.78 is 44.5. The number of thiazole rings is 1. The number of aryl methyl sites for hydroxylation is 1. The van der Waals surface area contributed by atoms with Crippen molar-refractivity contribution in [1.82, 2.24) is 4.98 Å². The number of aromatic nitrogens is 1. The number of carbonyl (C=O) groups is 2. The van der Waals surface area contributed by atoms with Crippen LogP contribution in [0.15, 0.2) is 42.5 Å². The van der Waals surface area contributed by atoms with Crippen LogP contribution in [0.5, 0.6) is 0 Å². The second-order valence-electron chi connectivity index (χ2n) is 5.65. The largest absolute Gasteiger partial charge is 0.451 e. The third-order valence-corrected chi connectivity index (χ3v) is 4.83. The zero-order valence-corrected chi connectivity index (χ0v) is 15.3. The molecule has 0 aliphatic rings. The Bertz CT molecular complexity index is 1040. The van der Waals surface area contributed by atoms with Gasteiger partial charge in [-0.3, -0.25) is 4.79 Å². The quantitative estimate of drug-likeness (QED) is 0.506. The minimum atomic E-state index is -1.71. The topological polar surface area (TPSA) is 68.3 Å². The highest BCUT2D eigenvalue weighted by Gasteiger charge is 2.20. The Balaban J connectivity index is 1.64. The molecule has 3 rings (SSSR count). The van der Waals surface area contributed by atoms with Gasteiger partial charge in [0.1, 0.15) is 9.88 Å². The summed E-state index contributed by atoms with van der Waals surface area (Å²) in [5, 5.41) is 2.64. The van der Waals surface area contributed by atoms with Crippen LogP contribution in [-0.4, -0.2) is 23.5 Å². The van der Waals surface area contributed by atoms with Crippen molar-refractivity contribution in [2.75, 3.05) is 11.9 Å². The Labute approximate surface area is 161 Å². The first-order chi connectivity index (χ1) is 13.4. The molecule has 0 fully saturated rings. The molecule has 2 aromatic carbocycles. The molecule has 1 N–H and O–H groups in total. The number of rotatable bonds is 5. The molecule has 1 aromatic heterocycles. The molecule has 3 aromatic rings. The minimum absolute atomic E-state index is 0.227. The van der Waals surface area contributed by atoms with Crippen LogP contribution in [0.25, 0.3) is 10.6 Å². The molecule has 1 heterocycles. The molecule has 144 valence electrons. The van der Waals surface area contributed by atoms with Gasteiger partial charge in [0.05, 0.1) is 11.4 Å². The predicted molar refractivity (Wildman–Crippen MR) is 97.5 cm³/mol. The first-order valence-electron chi connectivity index (χ1n) is 8.00. The van der Waals surface area contributed by atoms with Crippen molar-refractivity contribution < 1.29 is 27.5 Å². The van der Waals surface area contributed by atoms with E-state index in [9.17, 15) is 22.8 Å². The summed E-state index contributed by atoms with van der Waals surface area (Å²) in [6.07, 6.45) is 0. The first kappa shape index (κ1) is 19.6. The lowest BCUT2D eigenvalue weighted by molar-refractivity contribution is -0.119. The summed E-state index contributed by atoms with van der Waals surface area (Å²) in [5.74, 6) is -6.28. The highest BCUT2D eigenvalue weighted by atomic mass is 32.1. The molecular weight excluding hydrogens is 393 g/mol. The number of halogens is 3. The average Bonchev–Trinajstić information content (AvgIpc) is 3.09. The van der Waals surface area contributed by atoms with Crippen molar-refractivity contribution in [3.8, 4) is 10.6 Å². The highest BCUT2D eigenvalue weighted by Crippen LogP contribution is 2.28. The van der Waals surface area contributed by atoms with Crippen molar-refractivity contribution in [1.29, 1.82) is 0 Å². The van der Waals surface area contributed by atoms with E-state index in [-0.39, 0.29) is 4.88 Å². The summed E-state index contributed by atoms with van der Waals surface area (Å²) in [6.45, 7) is 0.908. The van der Waals surface area contributed by atoms with Crippen LogP contribution in [-0.2, 0) is 9.53 Å². The monoisotopic (exact) mass is 406 g/mol. The van der Waals surface area contributed by atoms with Crippen molar-refractivity contribution >= 4 is 28.9 Å². The van der Waals surface area contributed by atoms with E-state index < -0.39 is 41.6 Å². The van der Waals surface area contributed by atoms with Gasteiger partial charge < -0.3 is 10.1 Å². The molecule has 0 radical (unpaired) electrons. The van der Waals surface area contributed by atoms with Gasteiger partial charge in [0, 0.05) is 5.56 Å². The zero-order chi connectivity index (χ0) is 20.3. The maximum absolute atomic E-state index is 13.6. The molecule has 0 aliphatic heterocycles. The van der Waals surface area contributed by atoms with Gasteiger partial charge in [-0.25, -0.2) is 22.9 Å². The lowest BCUT2D eigenvalue weighted by Gasteiger charge is -2.07. The number of benzene rings is 2. The Hall–Kier alpha value is -3.20. The van der Waals surface area contributed by atoms with Crippen LogP contribution in [0.1, 0.15) is 15.4 Å². The number of nitrogens with zero attached hydrogens (tertiary/aromatic N) is 1. The third kappa shape index (κ3) is 4.20. The molecular formula is C19H13F3N2O3S. The Morgan fingerprint density at radius 1 is 1.07 bits per heavy atom. The van der Waals surface area contributed by atoms with Gasteiger partial charge in [-0.15, -0.1) is 11.3 Å². The number of ether oxygens (including phenoxy) is 1. The lowest BCUT2D eigenvalue weighted by Crippen LogP contribution is -2.21. The van der Waals surface area contributed by atoms with E-state index in [1.807, 2.05) is 35.6 Å². The second kappa shape index (κ2) is 8.22. The number of nitrogens with one attached hydrogen (secondary N) is 1. The first-order valence-corrected chi connectivity index (χ1v) is 8.81. The van der Waals surface area contributed by atoms with Gasteiger partial charge in [-0.05, 0) is 19.1 Å². The normalized spacial score (nSPS) is 10.6. The van der Waals surface area contributed by atoms with Crippen LogP contribution >= 0.6 is 11.3 Å². The third-order valence-electron chi connectivity index (χ3n) is 3.65. The Morgan fingerprint density at radius 2 is 1.79 bits per heavy atom. The fourth-order valence-corrected chi connectivity index (χ4v) is 3.26. The van der Waals surface area contributed by atoms with Crippen LogP contribution < -0.4 is 5.32 Å². The number of carbonyl (C=O) groups excluding carboxylic acids is 2. The molecule has 0 bridgehead atoms. The molecule has 28 heavy (non-hydrogen) atoms. The van der Waals surface area contributed by atoms with Gasteiger partial charge in [0.2, 0.25) is 0 Å². The van der Waals surface area contributed by atoms with Crippen LogP contribution in [0.2, 0.25) is 0 Å². The van der Waals surface area contributed by atoms with Crippen molar-refractivity contribution in [3.63, 3.8) is 0 Å². The van der Waals surface area contributed by atoms with Gasteiger partial charge >= 0.3 is 5.97 Å². The van der Waals surface area contributed by atoms with Gasteiger partial charge in [0.15, 0.2) is 24.1 Å². The standard InChI is InChI=1S/C19H13F3N2O3S/c1-10-17(28-18(23-10)11-5-3-2-4-6-11)19(26)27-9-14(25)24-13-8-7-12(20)15(21)16(13)22/h2-8H,9H2,1H3,(H,24,25). The maximum Gasteiger partial charge on any atom is 0.350 e. The Morgan fingerprint density at radius 3 is 2.50 bits per heavy atom. The number of hydrogen-bond acceptors (Lipinski definition) is 5. The maximum atomic E-state index is 13.6. The van der Waals surface area contributed by atoms with E-state index >= 15 is 0 Å². The van der Waals surface area contributed by atoms with Crippen molar-refractivity contribution in [2.45, 2.75) is 6.92 Å². The van der Waals surface area contributed by atoms with Gasteiger partial charge in [0.25, 0.3) is 5.91 Å². The number of esters is 1. The van der Waals surface area contributed by atoms with Crippen molar-refractivity contribution in [3.05, 3.63) is 70.5 Å². The SMILES string of the molecule is Cc1nc(-c2ccccc2)sc1C(=O)OCC(=O)Nc1ccc(F)c(F)c1F. The molecule has 0 saturated carbocycles. The number of anilines is 1. The van der Waals surface area contributed by atoms with Gasteiger partial charge in [-0.2, -0.15) is 0 Å². The molecule has 1 amide bonds. The van der Waals surface area contributed by atoms with E-state index in [2.05, 4.69) is 4.98 Å². The Kier molecular flexibility index (Phi) is 5.74. The summed E-state index contributed by atoms with van der Waals surface area (Å²) in [7, 11) is 0. The summed E-state index contributed by atoms with van der Waals surface area (Å²) in [6, 6.07) is 10.8. The van der Waals surface area contributed by atoms with Crippen LogP contribution in [0.3, 0.4) is 0 Å². The van der Waals surface area contributed by atoms with Crippen LogP contribution in [0, 0.1) is 24.4 Å². The summed E-state index contributed by atoms with van der Waals surface area (Å²) >= 11 is 1.11. The molecule has 0 unspecified atom stereocenters. The highest BCUT2D eigenvalue weighted by molar-refractivity contribution is 7.17. The fourth-order valence-electron chi connectivity index (χ4n) is 2.30. The van der Waals surface area contributed by atoms with E-state index in [0.29, 0.717) is 16.8 Å². The zero-order valence-electron chi connectivity index (χ0n) is 14.5. The lowest BCUT2D eigenvalue weighted by atomic mass is 10.2. The summed E-state index contributed by atoms with van der Waals surface area (Å²) in [5.41, 5.74) is 0.724. The average molecular weight is 406 g/mol. The van der Waals surface area contributed by atoms with E-state index in [0.717, 1.165) is 23.0 Å². The number of amides is 1. The molecule has 0 saturated heterocycles. The van der Waals surface area contributed by atoms with E-state index in [1.54, 1.807) is 6.92 Å². The number of hydrogen-bond donors (Lipinski definition) is 1. The van der Waals surface area contributed by atoms with E-state index in [1.165, 1.54) is 0 Å². The second-order valence-corrected chi connectivity index (χ2v) is 6.65. The smallest absolute Gasteiger partial charge is 0.350 e. The van der Waals surface area contributed by atoms with Gasteiger partial charge in [-0.1, -0.05) is 30.3 Å². The van der Waals surface area contributed by atoms with Crippen LogP contribution in [0.4, 0.5) is 18.9 Å². The molecule has 9 heteroatoms.